The number of halogens is 1. The van der Waals surface area contributed by atoms with Crippen LogP contribution in [0.25, 0.3) is 10.6 Å². The molecule has 0 spiro atoms. The van der Waals surface area contributed by atoms with Crippen molar-refractivity contribution in [1.29, 1.82) is 0 Å². The average molecular weight is 596 g/mol. The zero-order chi connectivity index (χ0) is 31.1. The molecule has 0 atom stereocenters. The molecule has 0 heterocycles. The third-order valence-corrected chi connectivity index (χ3v) is 7.03. The van der Waals surface area contributed by atoms with E-state index in [0.717, 1.165) is 59.6 Å². The highest BCUT2D eigenvalue weighted by molar-refractivity contribution is 6.53. The van der Waals surface area contributed by atoms with Crippen LogP contribution >= 0.6 is 11.6 Å². The molecule has 0 saturated heterocycles. The Morgan fingerprint density at radius 2 is 1.19 bits per heavy atom. The second-order valence-electron chi connectivity index (χ2n) is 9.83. The van der Waals surface area contributed by atoms with Gasteiger partial charge in [-0.3, -0.25) is 14.4 Å². The zero-order valence-corrected chi connectivity index (χ0v) is 24.9. The maximum absolute atomic E-state index is 10.6. The second-order valence-corrected chi connectivity index (χ2v) is 10.2. The first-order chi connectivity index (χ1) is 20.0. The molecule has 0 aromatic heterocycles. The monoisotopic (exact) mass is 595 g/mol. The number of hydrogen-bond acceptors (Lipinski definition) is 5. The SMILES string of the molecule is CC(CC(=O)O)(CC(=O)O)C(=O)O.CCN(CC)CCOc1ccc(/C(=C(/Cl)c2ccccc2)c2ccccc2)cc1. The van der Waals surface area contributed by atoms with Crippen LogP contribution < -0.4 is 4.74 Å². The summed E-state index contributed by atoms with van der Waals surface area (Å²) in [6.45, 7) is 9.15. The summed E-state index contributed by atoms with van der Waals surface area (Å²) in [5, 5.41) is 26.1. The van der Waals surface area contributed by atoms with Gasteiger partial charge >= 0.3 is 17.9 Å². The smallest absolute Gasteiger partial charge is 0.310 e. The van der Waals surface area contributed by atoms with Crippen LogP contribution in [0.5, 0.6) is 5.75 Å². The lowest BCUT2D eigenvalue weighted by Crippen LogP contribution is -2.32. The van der Waals surface area contributed by atoms with Crippen LogP contribution in [0.1, 0.15) is 50.3 Å². The highest BCUT2D eigenvalue weighted by Crippen LogP contribution is 2.35. The number of nitrogens with zero attached hydrogens (tertiary/aromatic N) is 1. The van der Waals surface area contributed by atoms with Gasteiger partial charge in [0.1, 0.15) is 12.4 Å². The minimum absolute atomic E-state index is 0.688. The standard InChI is InChI=1S/C26H28ClNO.C7H10O6/c1-3-28(4-2)19-20-29-24-17-15-22(16-18-24)25(21-11-7-5-8-12-21)26(27)23-13-9-6-10-14-23;1-7(6(12)13,2-4(8)9)3-5(10)11/h5-18H,3-4,19-20H2,1-2H3;2-3H2,1H3,(H,8,9)(H,10,11)(H,12,13)/b26-25+;. The Bertz CT molecular complexity index is 1310. The van der Waals surface area contributed by atoms with E-state index in [0.29, 0.717) is 6.61 Å². The highest BCUT2D eigenvalue weighted by atomic mass is 35.5. The van der Waals surface area contributed by atoms with E-state index < -0.39 is 36.2 Å². The number of carbonyl (C=O) groups is 3. The third kappa shape index (κ3) is 10.7. The largest absolute Gasteiger partial charge is 0.492 e. The minimum atomic E-state index is -1.74. The van der Waals surface area contributed by atoms with Gasteiger partial charge in [0.25, 0.3) is 0 Å². The number of rotatable bonds is 14. The molecular formula is C33H38ClNO7. The molecule has 3 aromatic carbocycles. The fourth-order valence-electron chi connectivity index (χ4n) is 4.19. The molecule has 0 radical (unpaired) electrons. The molecule has 0 saturated carbocycles. The predicted molar refractivity (Wildman–Crippen MR) is 165 cm³/mol. The van der Waals surface area contributed by atoms with Crippen molar-refractivity contribution in [2.45, 2.75) is 33.6 Å². The second kappa shape index (κ2) is 17.0. The normalized spacial score (nSPS) is 11.6. The summed E-state index contributed by atoms with van der Waals surface area (Å²) in [5.74, 6) is -3.20. The van der Waals surface area contributed by atoms with E-state index in [1.54, 1.807) is 0 Å². The topological polar surface area (TPSA) is 124 Å². The van der Waals surface area contributed by atoms with Crippen molar-refractivity contribution >= 4 is 40.1 Å². The first-order valence-corrected chi connectivity index (χ1v) is 14.0. The number of carboxylic acids is 3. The quantitative estimate of drug-likeness (QED) is 0.178. The van der Waals surface area contributed by atoms with Crippen LogP contribution in [0.15, 0.2) is 84.9 Å². The van der Waals surface area contributed by atoms with Crippen molar-refractivity contribution in [3.8, 4) is 5.75 Å². The maximum Gasteiger partial charge on any atom is 0.310 e. The van der Waals surface area contributed by atoms with E-state index in [9.17, 15) is 14.4 Å². The molecule has 9 heteroatoms. The van der Waals surface area contributed by atoms with Crippen molar-refractivity contribution in [2.24, 2.45) is 5.41 Å². The van der Waals surface area contributed by atoms with Crippen LogP contribution in [-0.4, -0.2) is 64.4 Å². The van der Waals surface area contributed by atoms with E-state index in [4.69, 9.17) is 31.7 Å². The molecule has 42 heavy (non-hydrogen) atoms. The Balaban J connectivity index is 0.000000401. The van der Waals surface area contributed by atoms with Crippen molar-refractivity contribution in [3.63, 3.8) is 0 Å². The number of carboxylic acid groups (broad SMARTS) is 3. The van der Waals surface area contributed by atoms with E-state index in [1.807, 2.05) is 60.7 Å². The van der Waals surface area contributed by atoms with Gasteiger partial charge in [0.15, 0.2) is 0 Å². The van der Waals surface area contributed by atoms with E-state index >= 15 is 0 Å². The van der Waals surface area contributed by atoms with Crippen molar-refractivity contribution in [3.05, 3.63) is 102 Å². The Labute approximate surface area is 251 Å². The number of likely N-dealkylation sites (N-methyl/N-ethyl adjacent to an activating group) is 1. The van der Waals surface area contributed by atoms with Crippen LogP contribution in [0.3, 0.4) is 0 Å². The molecule has 0 amide bonds. The maximum atomic E-state index is 10.6. The van der Waals surface area contributed by atoms with Crippen LogP contribution in [-0.2, 0) is 14.4 Å². The molecule has 0 aliphatic carbocycles. The first kappa shape index (κ1) is 34.1. The van der Waals surface area contributed by atoms with E-state index in [-0.39, 0.29) is 0 Å². The summed E-state index contributed by atoms with van der Waals surface area (Å²) in [7, 11) is 0. The lowest BCUT2D eigenvalue weighted by molar-refractivity contribution is -0.159. The minimum Gasteiger partial charge on any atom is -0.492 e. The molecular weight excluding hydrogens is 558 g/mol. The zero-order valence-electron chi connectivity index (χ0n) is 24.1. The molecule has 3 N–H and O–H groups in total. The molecule has 0 aliphatic heterocycles. The van der Waals surface area contributed by atoms with Crippen LogP contribution in [0.4, 0.5) is 0 Å². The average Bonchev–Trinajstić information content (AvgIpc) is 2.96. The lowest BCUT2D eigenvalue weighted by atomic mass is 9.83. The fourth-order valence-corrected chi connectivity index (χ4v) is 4.53. The van der Waals surface area contributed by atoms with Gasteiger partial charge < -0.3 is 25.0 Å². The highest BCUT2D eigenvalue weighted by Gasteiger charge is 2.38. The van der Waals surface area contributed by atoms with E-state index in [2.05, 4.69) is 43.0 Å². The Morgan fingerprint density at radius 1 is 0.738 bits per heavy atom. The summed E-state index contributed by atoms with van der Waals surface area (Å²) in [6.07, 6.45) is -1.40. The van der Waals surface area contributed by atoms with Crippen LogP contribution in [0.2, 0.25) is 0 Å². The van der Waals surface area contributed by atoms with Crippen molar-refractivity contribution < 1.29 is 34.4 Å². The fraction of sp³-hybridized carbons (Fsp3) is 0.303. The molecule has 3 rings (SSSR count). The van der Waals surface area contributed by atoms with Gasteiger partial charge in [-0.2, -0.15) is 0 Å². The van der Waals surface area contributed by atoms with Crippen LogP contribution in [0, 0.1) is 5.41 Å². The number of aliphatic carboxylic acids is 3. The first-order valence-electron chi connectivity index (χ1n) is 13.6. The van der Waals surface area contributed by atoms with E-state index in [1.165, 1.54) is 0 Å². The Kier molecular flexibility index (Phi) is 13.8. The summed E-state index contributed by atoms with van der Waals surface area (Å²) in [4.78, 5) is 33.4. The molecule has 0 unspecified atom stereocenters. The van der Waals surface area contributed by atoms with Gasteiger partial charge in [0.2, 0.25) is 0 Å². The van der Waals surface area contributed by atoms with Crippen molar-refractivity contribution in [1.82, 2.24) is 4.90 Å². The number of hydrogen-bond donors (Lipinski definition) is 3. The van der Waals surface area contributed by atoms with Gasteiger partial charge in [0.05, 0.1) is 23.3 Å². The molecule has 0 fully saturated rings. The summed E-state index contributed by atoms with van der Waals surface area (Å²) < 4.78 is 5.94. The van der Waals surface area contributed by atoms with Gasteiger partial charge in [-0.05, 0) is 48.8 Å². The van der Waals surface area contributed by atoms with Gasteiger partial charge in [-0.1, -0.05) is 98.2 Å². The Morgan fingerprint density at radius 3 is 1.62 bits per heavy atom. The third-order valence-electron chi connectivity index (χ3n) is 6.62. The molecule has 8 nitrogen and oxygen atoms in total. The molecule has 0 aliphatic rings. The summed E-state index contributed by atoms with van der Waals surface area (Å²) in [5.41, 5.74) is 2.45. The summed E-state index contributed by atoms with van der Waals surface area (Å²) >= 11 is 6.87. The lowest BCUT2D eigenvalue weighted by Gasteiger charge is -2.19. The van der Waals surface area contributed by atoms with Gasteiger partial charge in [-0.25, -0.2) is 0 Å². The molecule has 224 valence electrons. The number of benzene rings is 3. The predicted octanol–water partition coefficient (Wildman–Crippen LogP) is 6.59. The summed E-state index contributed by atoms with van der Waals surface area (Å²) in [6, 6.07) is 28.6. The van der Waals surface area contributed by atoms with Gasteiger partial charge in [-0.15, -0.1) is 0 Å². The van der Waals surface area contributed by atoms with Gasteiger partial charge in [0, 0.05) is 12.1 Å². The van der Waals surface area contributed by atoms with Crippen molar-refractivity contribution in [2.75, 3.05) is 26.2 Å². The number of ether oxygens (including phenoxy) is 1. The molecule has 3 aromatic rings. The Hall–Kier alpha value is -4.14. The molecule has 0 bridgehead atoms.